The van der Waals surface area contributed by atoms with E-state index >= 15 is 0 Å². The lowest BCUT2D eigenvalue weighted by Gasteiger charge is -2.04. The molecule has 1 aromatic carbocycles. The van der Waals surface area contributed by atoms with Gasteiger partial charge in [0, 0.05) is 18.2 Å². The van der Waals surface area contributed by atoms with E-state index < -0.39 is 0 Å². The van der Waals surface area contributed by atoms with Gasteiger partial charge in [-0.2, -0.15) is 0 Å². The van der Waals surface area contributed by atoms with Crippen LogP contribution in [0.15, 0.2) is 18.3 Å². The van der Waals surface area contributed by atoms with Crippen molar-refractivity contribution in [2.24, 2.45) is 0 Å². The molecule has 2 aromatic rings. The molecule has 0 aliphatic carbocycles. The van der Waals surface area contributed by atoms with E-state index in [1.54, 1.807) is 13.2 Å². The average Bonchev–Trinajstić information content (AvgIpc) is 2.65. The fourth-order valence-electron chi connectivity index (χ4n) is 1.74. The maximum atomic E-state index is 8.94. The fourth-order valence-corrected chi connectivity index (χ4v) is 1.95. The predicted octanol–water partition coefficient (Wildman–Crippen LogP) is 2.36. The molecule has 15 heavy (non-hydrogen) atoms. The fraction of sp³-hybridized carbons (Fsp3) is 0.273. The van der Waals surface area contributed by atoms with Gasteiger partial charge in [0.15, 0.2) is 0 Å². The molecule has 1 aromatic heterocycles. The van der Waals surface area contributed by atoms with E-state index in [0.717, 1.165) is 22.2 Å². The summed E-state index contributed by atoms with van der Waals surface area (Å²) in [6.07, 6.45) is 2.45. The molecule has 0 unspecified atom stereocenters. The van der Waals surface area contributed by atoms with Crippen LogP contribution < -0.4 is 4.74 Å². The van der Waals surface area contributed by atoms with Gasteiger partial charge >= 0.3 is 0 Å². The van der Waals surface area contributed by atoms with Crippen LogP contribution in [0.1, 0.15) is 5.56 Å². The van der Waals surface area contributed by atoms with Crippen LogP contribution in [0.5, 0.6) is 5.75 Å². The first kappa shape index (κ1) is 10.3. The number of aliphatic hydroxyl groups excluding tert-OH is 1. The lowest BCUT2D eigenvalue weighted by molar-refractivity contribution is 0.300. The lowest BCUT2D eigenvalue weighted by atomic mass is 10.1. The normalized spacial score (nSPS) is 10.9. The maximum absolute atomic E-state index is 8.94. The van der Waals surface area contributed by atoms with Crippen LogP contribution in [0.2, 0.25) is 5.02 Å². The van der Waals surface area contributed by atoms with Gasteiger partial charge in [-0.05, 0) is 24.1 Å². The van der Waals surface area contributed by atoms with E-state index in [1.165, 1.54) is 0 Å². The average molecular weight is 226 g/mol. The number of rotatable bonds is 3. The van der Waals surface area contributed by atoms with Crippen LogP contribution in [0.4, 0.5) is 0 Å². The van der Waals surface area contributed by atoms with E-state index in [2.05, 4.69) is 4.98 Å². The number of hydrogen-bond acceptors (Lipinski definition) is 2. The highest BCUT2D eigenvalue weighted by molar-refractivity contribution is 6.35. The van der Waals surface area contributed by atoms with Gasteiger partial charge in [-0.25, -0.2) is 0 Å². The molecular weight excluding hydrogens is 214 g/mol. The number of ether oxygens (including phenoxy) is 1. The number of aromatic nitrogens is 1. The van der Waals surface area contributed by atoms with Gasteiger partial charge < -0.3 is 14.8 Å². The van der Waals surface area contributed by atoms with Gasteiger partial charge in [-0.1, -0.05) is 11.6 Å². The van der Waals surface area contributed by atoms with Crippen LogP contribution in [-0.2, 0) is 6.42 Å². The van der Waals surface area contributed by atoms with Gasteiger partial charge in [0.1, 0.15) is 5.75 Å². The Kier molecular flexibility index (Phi) is 2.84. The molecule has 0 aliphatic rings. The summed E-state index contributed by atoms with van der Waals surface area (Å²) in [6.45, 7) is 0.114. The summed E-state index contributed by atoms with van der Waals surface area (Å²) in [7, 11) is 1.62. The van der Waals surface area contributed by atoms with Crippen molar-refractivity contribution in [1.82, 2.24) is 4.98 Å². The summed E-state index contributed by atoms with van der Waals surface area (Å²) in [6, 6.07) is 3.63. The first-order chi connectivity index (χ1) is 7.27. The van der Waals surface area contributed by atoms with Gasteiger partial charge in [-0.15, -0.1) is 0 Å². The summed E-state index contributed by atoms with van der Waals surface area (Å²) in [5.74, 6) is 0.777. The largest absolute Gasteiger partial charge is 0.496 e. The van der Waals surface area contributed by atoms with Crippen molar-refractivity contribution in [3.63, 3.8) is 0 Å². The minimum absolute atomic E-state index is 0.114. The SMILES string of the molecule is COc1ccc(Cl)c2[nH]cc(CCO)c12. The molecule has 0 aliphatic heterocycles. The first-order valence-electron chi connectivity index (χ1n) is 4.71. The number of nitrogens with one attached hydrogen (secondary N) is 1. The number of benzene rings is 1. The van der Waals surface area contributed by atoms with E-state index in [4.69, 9.17) is 21.4 Å². The molecule has 4 heteroatoms. The van der Waals surface area contributed by atoms with Gasteiger partial charge in [-0.3, -0.25) is 0 Å². The molecule has 2 N–H and O–H groups in total. The topological polar surface area (TPSA) is 45.2 Å². The Balaban J connectivity index is 2.69. The zero-order valence-electron chi connectivity index (χ0n) is 8.38. The number of H-pyrrole nitrogens is 1. The Labute approximate surface area is 92.6 Å². The van der Waals surface area contributed by atoms with Crippen molar-refractivity contribution in [2.75, 3.05) is 13.7 Å². The zero-order valence-corrected chi connectivity index (χ0v) is 9.14. The highest BCUT2D eigenvalue weighted by atomic mass is 35.5. The van der Waals surface area contributed by atoms with Crippen LogP contribution in [-0.4, -0.2) is 23.8 Å². The Morgan fingerprint density at radius 2 is 2.27 bits per heavy atom. The number of fused-ring (bicyclic) bond motifs is 1. The Morgan fingerprint density at radius 1 is 1.47 bits per heavy atom. The highest BCUT2D eigenvalue weighted by Gasteiger charge is 2.11. The van der Waals surface area contributed by atoms with Crippen LogP contribution >= 0.6 is 11.6 Å². The second-order valence-corrected chi connectivity index (χ2v) is 3.69. The Bertz CT molecular complexity index is 479. The predicted molar refractivity (Wildman–Crippen MR) is 60.7 cm³/mol. The van der Waals surface area contributed by atoms with Crippen LogP contribution in [0.3, 0.4) is 0 Å². The van der Waals surface area contributed by atoms with Crippen molar-refractivity contribution in [3.8, 4) is 5.75 Å². The number of hydrogen-bond donors (Lipinski definition) is 2. The summed E-state index contributed by atoms with van der Waals surface area (Å²) in [5, 5.41) is 10.6. The van der Waals surface area contributed by atoms with Crippen molar-refractivity contribution < 1.29 is 9.84 Å². The Morgan fingerprint density at radius 3 is 2.93 bits per heavy atom. The monoisotopic (exact) mass is 225 g/mol. The molecule has 0 spiro atoms. The number of halogens is 1. The molecule has 80 valence electrons. The zero-order chi connectivity index (χ0) is 10.8. The van der Waals surface area contributed by atoms with Crippen molar-refractivity contribution in [2.45, 2.75) is 6.42 Å². The first-order valence-corrected chi connectivity index (χ1v) is 5.09. The van der Waals surface area contributed by atoms with E-state index in [1.807, 2.05) is 12.3 Å². The number of aliphatic hydroxyl groups is 1. The molecule has 0 radical (unpaired) electrons. The third-order valence-corrected chi connectivity index (χ3v) is 2.74. The lowest BCUT2D eigenvalue weighted by Crippen LogP contribution is -1.91. The quantitative estimate of drug-likeness (QED) is 0.843. The number of methoxy groups -OCH3 is 1. The summed E-state index contributed by atoms with van der Waals surface area (Å²) in [5.41, 5.74) is 1.88. The second-order valence-electron chi connectivity index (χ2n) is 3.29. The van der Waals surface area contributed by atoms with Crippen molar-refractivity contribution in [3.05, 3.63) is 28.9 Å². The smallest absolute Gasteiger partial charge is 0.128 e. The summed E-state index contributed by atoms with van der Waals surface area (Å²) in [4.78, 5) is 3.09. The molecule has 0 saturated heterocycles. The molecule has 3 nitrogen and oxygen atoms in total. The highest BCUT2D eigenvalue weighted by Crippen LogP contribution is 2.33. The van der Waals surface area contributed by atoms with Crippen LogP contribution in [0.25, 0.3) is 10.9 Å². The molecule has 2 rings (SSSR count). The third-order valence-electron chi connectivity index (χ3n) is 2.43. The molecule has 0 fully saturated rings. The molecule has 0 atom stereocenters. The molecule has 0 saturated carbocycles. The van der Waals surface area contributed by atoms with Gasteiger partial charge in [0.05, 0.1) is 17.6 Å². The minimum atomic E-state index is 0.114. The molecular formula is C11H12ClNO2. The van der Waals surface area contributed by atoms with E-state index in [-0.39, 0.29) is 6.61 Å². The van der Waals surface area contributed by atoms with Gasteiger partial charge in [0.2, 0.25) is 0 Å². The number of aromatic amines is 1. The molecule has 1 heterocycles. The third kappa shape index (κ3) is 1.68. The minimum Gasteiger partial charge on any atom is -0.496 e. The van der Waals surface area contributed by atoms with E-state index in [0.29, 0.717) is 11.4 Å². The standard InChI is InChI=1S/C11H12ClNO2/c1-15-9-3-2-8(12)11-10(9)7(4-5-14)6-13-11/h2-3,6,13-14H,4-5H2,1H3. The second kappa shape index (κ2) is 4.13. The van der Waals surface area contributed by atoms with Crippen molar-refractivity contribution in [1.29, 1.82) is 0 Å². The van der Waals surface area contributed by atoms with Gasteiger partial charge in [0.25, 0.3) is 0 Å². The Hall–Kier alpha value is -1.19. The van der Waals surface area contributed by atoms with Crippen molar-refractivity contribution >= 4 is 22.5 Å². The molecule has 0 bridgehead atoms. The molecule has 0 amide bonds. The summed E-state index contributed by atoms with van der Waals surface area (Å²) >= 11 is 6.05. The van der Waals surface area contributed by atoms with Crippen LogP contribution in [0, 0.1) is 0 Å². The maximum Gasteiger partial charge on any atom is 0.128 e. The summed E-state index contributed by atoms with van der Waals surface area (Å²) < 4.78 is 5.27. The van der Waals surface area contributed by atoms with E-state index in [9.17, 15) is 0 Å².